The van der Waals surface area contributed by atoms with Crippen molar-refractivity contribution < 1.29 is 12.9 Å². The first-order valence-electron chi connectivity index (χ1n) is 5.79. The minimum absolute atomic E-state index is 0.0175. The van der Waals surface area contributed by atoms with Crippen molar-refractivity contribution in [1.29, 1.82) is 0 Å². The summed E-state index contributed by atoms with van der Waals surface area (Å²) in [4.78, 5) is 10.2. The number of hydrogen-bond donors (Lipinski definition) is 1. The van der Waals surface area contributed by atoms with Crippen molar-refractivity contribution in [2.45, 2.75) is 18.4 Å². The SMILES string of the molecule is Cc1cc(CNS(=O)(=O)c2cnoc2)nc(N(C)C)n1. The summed E-state index contributed by atoms with van der Waals surface area (Å²) in [6.45, 7) is 1.89. The molecule has 0 bridgehead atoms. The second-order valence-electron chi connectivity index (χ2n) is 4.38. The van der Waals surface area contributed by atoms with Gasteiger partial charge in [0.2, 0.25) is 16.0 Å². The Labute approximate surface area is 116 Å². The number of hydrogen-bond acceptors (Lipinski definition) is 7. The number of aryl methyl sites for hydroxylation is 1. The van der Waals surface area contributed by atoms with Gasteiger partial charge >= 0.3 is 0 Å². The molecule has 0 aliphatic carbocycles. The van der Waals surface area contributed by atoms with Gasteiger partial charge in [-0.25, -0.2) is 23.1 Å². The second kappa shape index (κ2) is 5.55. The van der Waals surface area contributed by atoms with Gasteiger partial charge in [0.1, 0.15) is 11.2 Å². The van der Waals surface area contributed by atoms with E-state index in [1.165, 1.54) is 0 Å². The molecule has 0 atom stereocenters. The van der Waals surface area contributed by atoms with Crippen molar-refractivity contribution >= 4 is 16.0 Å². The predicted octanol–water partition coefficient (Wildman–Crippen LogP) is 0.318. The molecule has 0 aromatic carbocycles. The molecule has 9 heteroatoms. The molecule has 2 aromatic heterocycles. The van der Waals surface area contributed by atoms with Gasteiger partial charge in [0.05, 0.1) is 18.4 Å². The zero-order valence-corrected chi connectivity index (χ0v) is 12.2. The maximum atomic E-state index is 11.9. The minimum atomic E-state index is -3.64. The number of sulfonamides is 1. The molecule has 0 fully saturated rings. The fourth-order valence-corrected chi connectivity index (χ4v) is 2.34. The number of nitrogens with one attached hydrogen (secondary N) is 1. The van der Waals surface area contributed by atoms with Crippen LogP contribution in [0.5, 0.6) is 0 Å². The topological polar surface area (TPSA) is 101 Å². The molecule has 8 nitrogen and oxygen atoms in total. The van der Waals surface area contributed by atoms with Crippen molar-refractivity contribution in [2.75, 3.05) is 19.0 Å². The number of anilines is 1. The van der Waals surface area contributed by atoms with E-state index in [1.54, 1.807) is 11.0 Å². The zero-order valence-electron chi connectivity index (χ0n) is 11.4. The van der Waals surface area contributed by atoms with Crippen LogP contribution in [0.2, 0.25) is 0 Å². The Hall–Kier alpha value is -2.00. The van der Waals surface area contributed by atoms with Gasteiger partial charge in [0, 0.05) is 19.8 Å². The average molecular weight is 297 g/mol. The van der Waals surface area contributed by atoms with Gasteiger partial charge in [-0.2, -0.15) is 0 Å². The van der Waals surface area contributed by atoms with Gasteiger partial charge in [-0.15, -0.1) is 0 Å². The summed E-state index contributed by atoms with van der Waals surface area (Å²) >= 11 is 0. The molecule has 2 heterocycles. The van der Waals surface area contributed by atoms with Gasteiger partial charge in [-0.1, -0.05) is 5.16 Å². The van der Waals surface area contributed by atoms with Crippen molar-refractivity contribution in [1.82, 2.24) is 19.8 Å². The van der Waals surface area contributed by atoms with E-state index < -0.39 is 10.0 Å². The van der Waals surface area contributed by atoms with Crippen molar-refractivity contribution in [3.8, 4) is 0 Å². The Morgan fingerprint density at radius 3 is 2.70 bits per heavy atom. The maximum Gasteiger partial charge on any atom is 0.245 e. The number of rotatable bonds is 5. The summed E-state index contributed by atoms with van der Waals surface area (Å²) in [7, 11) is -0.00273. The van der Waals surface area contributed by atoms with E-state index in [9.17, 15) is 8.42 Å². The third-order valence-electron chi connectivity index (χ3n) is 2.46. The van der Waals surface area contributed by atoms with Crippen LogP contribution in [0.1, 0.15) is 11.4 Å². The summed E-state index contributed by atoms with van der Waals surface area (Å²) in [5.74, 6) is 0.532. The highest BCUT2D eigenvalue weighted by Crippen LogP contribution is 2.10. The van der Waals surface area contributed by atoms with E-state index >= 15 is 0 Å². The monoisotopic (exact) mass is 297 g/mol. The normalized spacial score (nSPS) is 11.6. The second-order valence-corrected chi connectivity index (χ2v) is 6.15. The first-order valence-corrected chi connectivity index (χ1v) is 7.28. The van der Waals surface area contributed by atoms with E-state index in [4.69, 9.17) is 0 Å². The first-order chi connectivity index (χ1) is 9.38. The van der Waals surface area contributed by atoms with Gasteiger partial charge < -0.3 is 9.42 Å². The van der Waals surface area contributed by atoms with Crippen LogP contribution >= 0.6 is 0 Å². The average Bonchev–Trinajstić information content (AvgIpc) is 2.90. The fraction of sp³-hybridized carbons (Fsp3) is 0.364. The van der Waals surface area contributed by atoms with E-state index in [-0.39, 0.29) is 11.4 Å². The van der Waals surface area contributed by atoms with Crippen LogP contribution < -0.4 is 9.62 Å². The van der Waals surface area contributed by atoms with E-state index in [2.05, 4.69) is 24.4 Å². The third kappa shape index (κ3) is 3.31. The largest absolute Gasteiger partial charge is 0.363 e. The molecule has 20 heavy (non-hydrogen) atoms. The molecule has 0 saturated carbocycles. The van der Waals surface area contributed by atoms with Crippen LogP contribution in [0, 0.1) is 6.92 Å². The van der Waals surface area contributed by atoms with Crippen molar-refractivity contribution in [3.05, 3.63) is 29.9 Å². The van der Waals surface area contributed by atoms with E-state index in [1.807, 2.05) is 21.0 Å². The zero-order chi connectivity index (χ0) is 14.8. The lowest BCUT2D eigenvalue weighted by atomic mass is 10.3. The van der Waals surface area contributed by atoms with Crippen LogP contribution in [-0.2, 0) is 16.6 Å². The third-order valence-corrected chi connectivity index (χ3v) is 3.81. The van der Waals surface area contributed by atoms with Crippen LogP contribution in [0.4, 0.5) is 5.95 Å². The number of nitrogens with zero attached hydrogens (tertiary/aromatic N) is 4. The van der Waals surface area contributed by atoms with Crippen LogP contribution in [0.3, 0.4) is 0 Å². The number of aromatic nitrogens is 3. The summed E-state index contributed by atoms with van der Waals surface area (Å²) in [6.07, 6.45) is 2.21. The highest BCUT2D eigenvalue weighted by Gasteiger charge is 2.16. The Balaban J connectivity index is 2.15. The molecule has 0 amide bonds. The molecule has 0 saturated heterocycles. The molecule has 0 aliphatic heterocycles. The minimum Gasteiger partial charge on any atom is -0.363 e. The molecular formula is C11H15N5O3S. The molecule has 2 rings (SSSR count). The Morgan fingerprint density at radius 1 is 1.35 bits per heavy atom. The van der Waals surface area contributed by atoms with Crippen molar-refractivity contribution in [2.24, 2.45) is 0 Å². The molecular weight excluding hydrogens is 282 g/mol. The predicted molar refractivity (Wildman–Crippen MR) is 71.6 cm³/mol. The van der Waals surface area contributed by atoms with Gasteiger partial charge in [-0.05, 0) is 13.0 Å². The van der Waals surface area contributed by atoms with E-state index in [0.29, 0.717) is 11.6 Å². The van der Waals surface area contributed by atoms with Crippen LogP contribution in [0.25, 0.3) is 0 Å². The Morgan fingerprint density at radius 2 is 2.10 bits per heavy atom. The fourth-order valence-electron chi connectivity index (χ4n) is 1.49. The highest BCUT2D eigenvalue weighted by atomic mass is 32.2. The van der Waals surface area contributed by atoms with Gasteiger partial charge in [0.15, 0.2) is 0 Å². The van der Waals surface area contributed by atoms with E-state index in [0.717, 1.165) is 18.2 Å². The molecule has 108 valence electrons. The summed E-state index contributed by atoms with van der Waals surface area (Å²) < 4.78 is 30.8. The quantitative estimate of drug-likeness (QED) is 0.847. The lowest BCUT2D eigenvalue weighted by Crippen LogP contribution is -2.24. The summed E-state index contributed by atoms with van der Waals surface area (Å²) in [5, 5.41) is 3.37. The summed E-state index contributed by atoms with van der Waals surface area (Å²) in [6, 6.07) is 1.73. The standard InChI is InChI=1S/C11H15N5O3S/c1-8-4-9(15-11(14-8)16(2)3)5-13-20(17,18)10-6-12-19-7-10/h4,6-7,13H,5H2,1-3H3. The first kappa shape index (κ1) is 14.4. The lowest BCUT2D eigenvalue weighted by molar-refractivity contribution is 0.417. The Kier molecular flexibility index (Phi) is 4.00. The molecule has 0 radical (unpaired) electrons. The maximum absolute atomic E-state index is 11.9. The highest BCUT2D eigenvalue weighted by molar-refractivity contribution is 7.89. The van der Waals surface area contributed by atoms with Crippen LogP contribution in [0.15, 0.2) is 27.9 Å². The summed E-state index contributed by atoms with van der Waals surface area (Å²) in [5.41, 5.74) is 1.35. The molecule has 2 aromatic rings. The molecule has 0 unspecified atom stereocenters. The smallest absolute Gasteiger partial charge is 0.245 e. The van der Waals surface area contributed by atoms with Gasteiger partial charge in [-0.3, -0.25) is 0 Å². The Bertz CT molecular complexity index is 682. The van der Waals surface area contributed by atoms with Gasteiger partial charge in [0.25, 0.3) is 0 Å². The molecule has 1 N–H and O–H groups in total. The molecule has 0 aliphatic rings. The van der Waals surface area contributed by atoms with Crippen LogP contribution in [-0.4, -0.2) is 37.6 Å². The van der Waals surface area contributed by atoms with Crippen molar-refractivity contribution in [3.63, 3.8) is 0 Å². The molecule has 0 spiro atoms. The lowest BCUT2D eigenvalue weighted by Gasteiger charge is -2.12.